The lowest BCUT2D eigenvalue weighted by atomic mass is 10.1. The van der Waals surface area contributed by atoms with E-state index in [9.17, 15) is 9.59 Å². The Balaban J connectivity index is 1.43. The Bertz CT molecular complexity index is 1320. The minimum absolute atomic E-state index is 0.0184. The fourth-order valence-corrected chi connectivity index (χ4v) is 5.50. The van der Waals surface area contributed by atoms with Gasteiger partial charge in [0.15, 0.2) is 5.84 Å². The van der Waals surface area contributed by atoms with Crippen molar-refractivity contribution in [3.8, 4) is 5.69 Å². The summed E-state index contributed by atoms with van der Waals surface area (Å²) in [4.78, 5) is 31.3. The second kappa shape index (κ2) is 8.88. The number of hydrazone groups is 1. The van der Waals surface area contributed by atoms with Crippen molar-refractivity contribution in [2.24, 2.45) is 10.1 Å². The number of halogens is 1. The van der Waals surface area contributed by atoms with Gasteiger partial charge >= 0.3 is 0 Å². The van der Waals surface area contributed by atoms with Crippen molar-refractivity contribution in [2.75, 3.05) is 13.1 Å². The molecular formula is C24H23ClN6O2S. The molecule has 174 valence electrons. The minimum Gasteiger partial charge on any atom is -0.342 e. The molecule has 2 aromatic rings. The monoisotopic (exact) mass is 494 g/mol. The predicted octanol–water partition coefficient (Wildman–Crippen LogP) is 4.38. The number of rotatable bonds is 4. The fourth-order valence-electron chi connectivity index (χ4n) is 4.40. The molecule has 1 fully saturated rings. The van der Waals surface area contributed by atoms with Crippen LogP contribution < -0.4 is 0 Å². The maximum Gasteiger partial charge on any atom is 0.283 e. The van der Waals surface area contributed by atoms with E-state index in [0.717, 1.165) is 48.6 Å². The molecule has 5 rings (SSSR count). The third kappa shape index (κ3) is 3.99. The molecule has 2 amide bonds. The molecule has 10 heteroatoms. The number of nitrogens with zero attached hydrogens (tertiary/aromatic N) is 5. The van der Waals surface area contributed by atoms with Crippen LogP contribution in [0.2, 0.25) is 5.02 Å². The summed E-state index contributed by atoms with van der Waals surface area (Å²) < 4.78 is 2.02. The van der Waals surface area contributed by atoms with Gasteiger partial charge in [-0.3, -0.25) is 15.0 Å². The maximum absolute atomic E-state index is 12.8. The Labute approximate surface area is 206 Å². The van der Waals surface area contributed by atoms with Crippen LogP contribution in [0.5, 0.6) is 0 Å². The van der Waals surface area contributed by atoms with E-state index in [1.54, 1.807) is 6.08 Å². The SMILES string of the molecule is Cc1cc(C=C2C(=N)N3N=C(CC(=O)N4CCCC4)SC3=NC2=O)c(C)n1-c1ccccc1Cl. The number of aromatic nitrogens is 1. The van der Waals surface area contributed by atoms with E-state index in [2.05, 4.69) is 10.1 Å². The summed E-state index contributed by atoms with van der Waals surface area (Å²) >= 11 is 7.59. The van der Waals surface area contributed by atoms with Crippen molar-refractivity contribution < 1.29 is 9.59 Å². The van der Waals surface area contributed by atoms with Gasteiger partial charge in [0, 0.05) is 24.5 Å². The lowest BCUT2D eigenvalue weighted by Gasteiger charge is -2.20. The van der Waals surface area contributed by atoms with Crippen LogP contribution in [0.25, 0.3) is 11.8 Å². The van der Waals surface area contributed by atoms with Crippen molar-refractivity contribution >= 4 is 57.3 Å². The molecule has 3 aliphatic heterocycles. The average molecular weight is 495 g/mol. The van der Waals surface area contributed by atoms with Crippen molar-refractivity contribution in [3.63, 3.8) is 0 Å². The molecule has 4 heterocycles. The summed E-state index contributed by atoms with van der Waals surface area (Å²) in [7, 11) is 0. The van der Waals surface area contributed by atoms with Gasteiger partial charge in [-0.15, -0.1) is 0 Å². The molecule has 3 aliphatic rings. The number of amides is 2. The van der Waals surface area contributed by atoms with Gasteiger partial charge in [0.05, 0.1) is 22.7 Å². The topological polar surface area (TPSA) is 94.1 Å². The van der Waals surface area contributed by atoms with Crippen LogP contribution in [0, 0.1) is 19.3 Å². The van der Waals surface area contributed by atoms with Crippen molar-refractivity contribution in [2.45, 2.75) is 33.1 Å². The van der Waals surface area contributed by atoms with Gasteiger partial charge < -0.3 is 9.47 Å². The zero-order chi connectivity index (χ0) is 24.0. The molecule has 1 N–H and O–H groups in total. The highest BCUT2D eigenvalue weighted by Crippen LogP contribution is 2.32. The number of aliphatic imine (C=N–C) groups is 1. The van der Waals surface area contributed by atoms with Crippen LogP contribution >= 0.6 is 23.4 Å². The Morgan fingerprint density at radius 1 is 1.24 bits per heavy atom. The van der Waals surface area contributed by atoms with E-state index in [-0.39, 0.29) is 23.7 Å². The number of amidine groups is 2. The smallest absolute Gasteiger partial charge is 0.283 e. The molecule has 1 saturated heterocycles. The Morgan fingerprint density at radius 3 is 2.71 bits per heavy atom. The van der Waals surface area contributed by atoms with Crippen LogP contribution in [0.3, 0.4) is 0 Å². The van der Waals surface area contributed by atoms with Gasteiger partial charge in [-0.1, -0.05) is 23.7 Å². The summed E-state index contributed by atoms with van der Waals surface area (Å²) in [6, 6.07) is 9.52. The van der Waals surface area contributed by atoms with E-state index >= 15 is 0 Å². The molecule has 0 spiro atoms. The normalized spacial score (nSPS) is 19.1. The fraction of sp³-hybridized carbons (Fsp3) is 0.292. The van der Waals surface area contributed by atoms with Crippen LogP contribution in [0.15, 0.2) is 46.0 Å². The zero-order valence-corrected chi connectivity index (χ0v) is 20.4. The molecular weight excluding hydrogens is 472 g/mol. The summed E-state index contributed by atoms with van der Waals surface area (Å²) in [5, 5.41) is 15.9. The first-order chi connectivity index (χ1) is 16.3. The van der Waals surface area contributed by atoms with E-state index in [1.165, 1.54) is 16.8 Å². The lowest BCUT2D eigenvalue weighted by Crippen LogP contribution is -2.35. The summed E-state index contributed by atoms with van der Waals surface area (Å²) in [6.45, 7) is 5.46. The van der Waals surface area contributed by atoms with Crippen LogP contribution in [0.4, 0.5) is 0 Å². The first-order valence-electron chi connectivity index (χ1n) is 11.0. The number of hydrogen-bond donors (Lipinski definition) is 1. The predicted molar refractivity (Wildman–Crippen MR) is 136 cm³/mol. The molecule has 1 aromatic carbocycles. The molecule has 34 heavy (non-hydrogen) atoms. The van der Waals surface area contributed by atoms with E-state index in [4.69, 9.17) is 17.0 Å². The number of thioether (sulfide) groups is 1. The van der Waals surface area contributed by atoms with Crippen LogP contribution in [0.1, 0.15) is 36.2 Å². The number of hydrogen-bond acceptors (Lipinski definition) is 5. The number of fused-ring (bicyclic) bond motifs is 1. The molecule has 0 aliphatic carbocycles. The summed E-state index contributed by atoms with van der Waals surface area (Å²) in [6.07, 6.45) is 3.87. The molecule has 0 saturated carbocycles. The number of likely N-dealkylation sites (tertiary alicyclic amines) is 1. The van der Waals surface area contributed by atoms with Gasteiger partial charge in [-0.05, 0) is 68.3 Å². The third-order valence-electron chi connectivity index (χ3n) is 6.12. The number of nitrogens with one attached hydrogen (secondary N) is 1. The van der Waals surface area contributed by atoms with Crippen molar-refractivity contribution in [1.82, 2.24) is 14.5 Å². The second-order valence-corrected chi connectivity index (χ2v) is 9.84. The molecule has 0 unspecified atom stereocenters. The highest BCUT2D eigenvalue weighted by molar-refractivity contribution is 8.27. The number of aryl methyl sites for hydroxylation is 1. The van der Waals surface area contributed by atoms with Gasteiger partial charge in [0.2, 0.25) is 11.1 Å². The average Bonchev–Trinajstić information content (AvgIpc) is 3.52. The van der Waals surface area contributed by atoms with E-state index in [1.807, 2.05) is 53.6 Å². The first kappa shape index (κ1) is 22.6. The van der Waals surface area contributed by atoms with Gasteiger partial charge in [-0.25, -0.2) is 0 Å². The molecule has 1 aromatic heterocycles. The number of carbonyl (C=O) groups excluding carboxylic acids is 2. The minimum atomic E-state index is -0.492. The zero-order valence-electron chi connectivity index (χ0n) is 18.8. The van der Waals surface area contributed by atoms with Gasteiger partial charge in [-0.2, -0.15) is 15.1 Å². The second-order valence-electron chi connectivity index (χ2n) is 8.39. The summed E-state index contributed by atoms with van der Waals surface area (Å²) in [5.74, 6) is -0.521. The highest BCUT2D eigenvalue weighted by atomic mass is 35.5. The largest absolute Gasteiger partial charge is 0.342 e. The highest BCUT2D eigenvalue weighted by Gasteiger charge is 2.36. The van der Waals surface area contributed by atoms with Gasteiger partial charge in [0.25, 0.3) is 5.91 Å². The molecule has 0 atom stereocenters. The maximum atomic E-state index is 12.8. The number of carbonyl (C=O) groups is 2. The van der Waals surface area contributed by atoms with Gasteiger partial charge in [0.1, 0.15) is 5.04 Å². The number of para-hydroxylation sites is 1. The number of benzene rings is 1. The van der Waals surface area contributed by atoms with Crippen molar-refractivity contribution in [1.29, 1.82) is 5.41 Å². The molecule has 0 bridgehead atoms. The Morgan fingerprint density at radius 2 is 1.97 bits per heavy atom. The van der Waals surface area contributed by atoms with E-state index < -0.39 is 5.91 Å². The third-order valence-corrected chi connectivity index (χ3v) is 7.35. The quantitative estimate of drug-likeness (QED) is 0.638. The van der Waals surface area contributed by atoms with Crippen molar-refractivity contribution in [3.05, 3.63) is 57.9 Å². The summed E-state index contributed by atoms with van der Waals surface area (Å²) in [5.41, 5.74) is 3.64. The van der Waals surface area contributed by atoms with Crippen LogP contribution in [-0.4, -0.2) is 55.4 Å². The lowest BCUT2D eigenvalue weighted by molar-refractivity contribution is -0.128. The molecule has 0 radical (unpaired) electrons. The standard InChI is InChI=1S/C24H23ClN6O2S/c1-14-11-16(15(2)30(14)19-8-4-3-7-18(19)25)12-17-22(26)31-24(27-23(17)33)34-20(28-31)13-21(32)29-9-5-6-10-29/h3-4,7-8,11-12,26H,5-6,9-10,13H2,1-2H3. The molecule has 8 nitrogen and oxygen atoms in total. The van der Waals surface area contributed by atoms with Crippen LogP contribution in [-0.2, 0) is 9.59 Å². The Kier molecular flexibility index (Phi) is 5.91. The van der Waals surface area contributed by atoms with E-state index in [0.29, 0.717) is 15.2 Å². The first-order valence-corrected chi connectivity index (χ1v) is 12.2. The Hall–Kier alpha value is -3.17.